The first-order chi connectivity index (χ1) is 9.56. The number of hydrogen-bond donors (Lipinski definition) is 0. The van der Waals surface area contributed by atoms with Crippen LogP contribution in [0.5, 0.6) is 0 Å². The second-order valence-corrected chi connectivity index (χ2v) is 5.63. The fraction of sp³-hybridized carbons (Fsp3) is 0.0667. The van der Waals surface area contributed by atoms with E-state index in [0.29, 0.717) is 31.9 Å². The topological polar surface area (TPSA) is 25.8 Å². The first kappa shape index (κ1) is 13.6. The van der Waals surface area contributed by atoms with Crippen molar-refractivity contribution in [1.29, 1.82) is 0 Å². The molecule has 0 radical (unpaired) electrons. The molecule has 0 unspecified atom stereocenters. The Morgan fingerprint density at radius 2 is 1.70 bits per heavy atom. The summed E-state index contributed by atoms with van der Waals surface area (Å²) in [4.78, 5) is 8.80. The van der Waals surface area contributed by atoms with Crippen LogP contribution in [0.2, 0.25) is 15.2 Å². The van der Waals surface area contributed by atoms with Gasteiger partial charge in [-0.3, -0.25) is 0 Å². The molecular formula is C15H9Cl3N2. The predicted octanol–water partition coefficient (Wildman–Crippen LogP) is 5.57. The van der Waals surface area contributed by atoms with E-state index in [-0.39, 0.29) is 0 Å². The molecule has 0 spiro atoms. The Kier molecular flexibility index (Phi) is 3.55. The average molecular weight is 324 g/mol. The smallest absolute Gasteiger partial charge is 0.162 e. The van der Waals surface area contributed by atoms with Crippen LogP contribution in [0.15, 0.2) is 36.4 Å². The summed E-state index contributed by atoms with van der Waals surface area (Å²) in [6, 6.07) is 11.2. The van der Waals surface area contributed by atoms with Crippen LogP contribution in [-0.4, -0.2) is 9.97 Å². The second-order valence-electron chi connectivity index (χ2n) is 4.46. The standard InChI is InChI=1S/C15H9Cl3N2/c1-8-5-6-9(11(17)7-8)15-19-12-4-2-3-10(16)13(12)14(18)20-15/h2-7H,1H3. The van der Waals surface area contributed by atoms with Crippen molar-refractivity contribution in [2.45, 2.75) is 6.92 Å². The van der Waals surface area contributed by atoms with E-state index in [4.69, 9.17) is 34.8 Å². The normalized spacial score (nSPS) is 11.0. The van der Waals surface area contributed by atoms with Crippen molar-refractivity contribution < 1.29 is 0 Å². The van der Waals surface area contributed by atoms with Gasteiger partial charge in [0.25, 0.3) is 0 Å². The van der Waals surface area contributed by atoms with Crippen molar-refractivity contribution in [3.8, 4) is 11.4 Å². The van der Waals surface area contributed by atoms with Gasteiger partial charge in [-0.1, -0.05) is 46.9 Å². The zero-order valence-corrected chi connectivity index (χ0v) is 12.8. The maximum absolute atomic E-state index is 6.25. The summed E-state index contributed by atoms with van der Waals surface area (Å²) >= 11 is 18.6. The summed E-state index contributed by atoms with van der Waals surface area (Å²) in [5, 5.41) is 2.12. The minimum Gasteiger partial charge on any atom is -0.228 e. The van der Waals surface area contributed by atoms with Gasteiger partial charge in [0.2, 0.25) is 0 Å². The summed E-state index contributed by atoms with van der Waals surface area (Å²) in [6.07, 6.45) is 0. The third-order valence-electron chi connectivity index (χ3n) is 2.99. The molecule has 0 N–H and O–H groups in total. The van der Waals surface area contributed by atoms with Gasteiger partial charge in [0.05, 0.1) is 20.9 Å². The van der Waals surface area contributed by atoms with E-state index in [9.17, 15) is 0 Å². The van der Waals surface area contributed by atoms with Gasteiger partial charge in [-0.2, -0.15) is 0 Å². The Hall–Kier alpha value is -1.35. The molecule has 3 aromatic rings. The highest BCUT2D eigenvalue weighted by atomic mass is 35.5. The van der Waals surface area contributed by atoms with Crippen molar-refractivity contribution in [3.05, 3.63) is 57.2 Å². The van der Waals surface area contributed by atoms with Crippen LogP contribution in [0.25, 0.3) is 22.3 Å². The summed E-state index contributed by atoms with van der Waals surface area (Å²) in [5.74, 6) is 0.495. The SMILES string of the molecule is Cc1ccc(-c2nc(Cl)c3c(Cl)cccc3n2)c(Cl)c1. The van der Waals surface area contributed by atoms with E-state index in [2.05, 4.69) is 9.97 Å². The zero-order valence-electron chi connectivity index (χ0n) is 10.5. The maximum Gasteiger partial charge on any atom is 0.162 e. The molecule has 1 aromatic heterocycles. The van der Waals surface area contributed by atoms with Crippen molar-refractivity contribution in [1.82, 2.24) is 9.97 Å². The van der Waals surface area contributed by atoms with E-state index in [1.165, 1.54) is 0 Å². The minimum atomic E-state index is 0.326. The number of fused-ring (bicyclic) bond motifs is 1. The highest BCUT2D eigenvalue weighted by molar-refractivity contribution is 6.41. The lowest BCUT2D eigenvalue weighted by Crippen LogP contribution is -1.93. The van der Waals surface area contributed by atoms with Gasteiger partial charge in [-0.05, 0) is 36.8 Å². The molecule has 20 heavy (non-hydrogen) atoms. The monoisotopic (exact) mass is 322 g/mol. The fourth-order valence-electron chi connectivity index (χ4n) is 2.02. The molecule has 0 bridgehead atoms. The molecule has 0 saturated carbocycles. The number of rotatable bonds is 1. The van der Waals surface area contributed by atoms with Crippen LogP contribution in [0.3, 0.4) is 0 Å². The molecule has 0 saturated heterocycles. The average Bonchev–Trinajstić information content (AvgIpc) is 2.38. The van der Waals surface area contributed by atoms with Gasteiger partial charge in [-0.15, -0.1) is 0 Å². The second kappa shape index (κ2) is 5.21. The van der Waals surface area contributed by atoms with Crippen LogP contribution in [0, 0.1) is 6.92 Å². The summed E-state index contributed by atoms with van der Waals surface area (Å²) < 4.78 is 0. The Balaban J connectivity index is 2.28. The number of aryl methyl sites for hydroxylation is 1. The first-order valence-corrected chi connectivity index (χ1v) is 7.08. The number of benzene rings is 2. The quantitative estimate of drug-likeness (QED) is 0.547. The predicted molar refractivity (Wildman–Crippen MR) is 84.7 cm³/mol. The highest BCUT2D eigenvalue weighted by Gasteiger charge is 2.12. The molecule has 0 aliphatic rings. The van der Waals surface area contributed by atoms with Crippen LogP contribution < -0.4 is 0 Å². The number of halogens is 3. The molecule has 2 aromatic carbocycles. The number of hydrogen-bond acceptors (Lipinski definition) is 2. The van der Waals surface area contributed by atoms with Crippen LogP contribution in [-0.2, 0) is 0 Å². The molecule has 0 aliphatic carbocycles. The third kappa shape index (κ3) is 2.35. The molecular weight excluding hydrogens is 315 g/mol. The Morgan fingerprint density at radius 3 is 2.45 bits per heavy atom. The molecule has 0 aliphatic heterocycles. The lowest BCUT2D eigenvalue weighted by atomic mass is 10.1. The van der Waals surface area contributed by atoms with Gasteiger partial charge >= 0.3 is 0 Å². The van der Waals surface area contributed by atoms with Gasteiger partial charge in [0.1, 0.15) is 5.15 Å². The highest BCUT2D eigenvalue weighted by Crippen LogP contribution is 2.32. The molecule has 2 nitrogen and oxygen atoms in total. The zero-order chi connectivity index (χ0) is 14.3. The molecule has 0 atom stereocenters. The Bertz CT molecular complexity index is 816. The Morgan fingerprint density at radius 1 is 0.900 bits per heavy atom. The van der Waals surface area contributed by atoms with E-state index >= 15 is 0 Å². The van der Waals surface area contributed by atoms with Crippen LogP contribution in [0.4, 0.5) is 0 Å². The third-order valence-corrected chi connectivity index (χ3v) is 3.89. The first-order valence-electron chi connectivity index (χ1n) is 5.94. The molecule has 5 heteroatoms. The van der Waals surface area contributed by atoms with Crippen LogP contribution in [0.1, 0.15) is 5.56 Å². The summed E-state index contributed by atoms with van der Waals surface area (Å²) in [5.41, 5.74) is 2.53. The molecule has 100 valence electrons. The van der Waals surface area contributed by atoms with Crippen molar-refractivity contribution >= 4 is 45.7 Å². The lowest BCUT2D eigenvalue weighted by molar-refractivity contribution is 1.22. The van der Waals surface area contributed by atoms with E-state index in [0.717, 1.165) is 11.1 Å². The van der Waals surface area contributed by atoms with Gasteiger partial charge in [-0.25, -0.2) is 9.97 Å². The summed E-state index contributed by atoms with van der Waals surface area (Å²) in [7, 11) is 0. The molecule has 1 heterocycles. The van der Waals surface area contributed by atoms with Crippen molar-refractivity contribution in [3.63, 3.8) is 0 Å². The van der Waals surface area contributed by atoms with Gasteiger partial charge in [0.15, 0.2) is 5.82 Å². The summed E-state index contributed by atoms with van der Waals surface area (Å²) in [6.45, 7) is 1.98. The number of aromatic nitrogens is 2. The van der Waals surface area contributed by atoms with Crippen molar-refractivity contribution in [2.75, 3.05) is 0 Å². The fourth-order valence-corrected chi connectivity index (χ4v) is 2.93. The van der Waals surface area contributed by atoms with Crippen molar-refractivity contribution in [2.24, 2.45) is 0 Å². The van der Waals surface area contributed by atoms with E-state index < -0.39 is 0 Å². The van der Waals surface area contributed by atoms with Gasteiger partial charge < -0.3 is 0 Å². The largest absolute Gasteiger partial charge is 0.228 e. The van der Waals surface area contributed by atoms with Gasteiger partial charge in [0, 0.05) is 5.56 Å². The van der Waals surface area contributed by atoms with E-state index in [1.807, 2.05) is 37.3 Å². The molecule has 3 rings (SSSR count). The Labute approximate surface area is 131 Å². The molecule has 0 amide bonds. The van der Waals surface area contributed by atoms with E-state index in [1.54, 1.807) is 6.07 Å². The van der Waals surface area contributed by atoms with Crippen LogP contribution >= 0.6 is 34.8 Å². The maximum atomic E-state index is 6.25. The molecule has 0 fully saturated rings. The lowest BCUT2D eigenvalue weighted by Gasteiger charge is -2.07. The number of nitrogens with zero attached hydrogens (tertiary/aromatic N) is 2. The minimum absolute atomic E-state index is 0.326.